The highest BCUT2D eigenvalue weighted by molar-refractivity contribution is 5.87. The van der Waals surface area contributed by atoms with Crippen LogP contribution in [0.2, 0.25) is 0 Å². The summed E-state index contributed by atoms with van der Waals surface area (Å²) in [7, 11) is 2.80. The molecule has 0 radical (unpaired) electrons. The average molecular weight is 852 g/mol. The van der Waals surface area contributed by atoms with Crippen molar-refractivity contribution in [1.82, 2.24) is 0 Å². The Labute approximate surface area is 356 Å². The Morgan fingerprint density at radius 1 is 1.05 bits per heavy atom. The van der Waals surface area contributed by atoms with Crippen molar-refractivity contribution in [2.24, 2.45) is 41.2 Å². The number of carbonyl (C=O) groups is 2. The summed E-state index contributed by atoms with van der Waals surface area (Å²) in [5, 5.41) is 57.6. The second kappa shape index (κ2) is 22.8. The number of hydrogen-bond acceptors (Lipinski definition) is 14. The van der Waals surface area contributed by atoms with Gasteiger partial charge in [0.25, 0.3) is 0 Å². The maximum Gasteiger partial charge on any atom is 0.404 e. The lowest BCUT2D eigenvalue weighted by molar-refractivity contribution is -0.338. The third kappa shape index (κ3) is 13.2. The van der Waals surface area contributed by atoms with Gasteiger partial charge in [0.2, 0.25) is 5.76 Å². The first-order valence-electron chi connectivity index (χ1n) is 21.1. The smallest absolute Gasteiger partial charge is 0.404 e. The molecule has 2 saturated heterocycles. The summed E-state index contributed by atoms with van der Waals surface area (Å²) in [5.41, 5.74) is 6.76. The highest BCUT2D eigenvalue weighted by atomic mass is 16.7. The number of aliphatic hydroxyl groups is 5. The first-order chi connectivity index (χ1) is 28.1. The van der Waals surface area contributed by atoms with Crippen LogP contribution in [0.25, 0.3) is 0 Å². The highest BCUT2D eigenvalue weighted by Gasteiger charge is 2.52. The van der Waals surface area contributed by atoms with Gasteiger partial charge in [-0.05, 0) is 46.1 Å². The predicted molar refractivity (Wildman–Crippen MR) is 224 cm³/mol. The molecule has 0 bridgehead atoms. The summed E-state index contributed by atoms with van der Waals surface area (Å²) in [4.78, 5) is 25.3. The molecule has 342 valence electrons. The molecular formula is C45H73NO14. The van der Waals surface area contributed by atoms with E-state index in [0.29, 0.717) is 12.0 Å². The average Bonchev–Trinajstić information content (AvgIpc) is 3.18. The van der Waals surface area contributed by atoms with Gasteiger partial charge >= 0.3 is 12.1 Å². The molecule has 3 aliphatic heterocycles. The van der Waals surface area contributed by atoms with E-state index in [0.717, 1.165) is 5.57 Å². The van der Waals surface area contributed by atoms with Gasteiger partial charge < -0.3 is 64.4 Å². The molecule has 0 aromatic carbocycles. The fourth-order valence-electron chi connectivity index (χ4n) is 8.64. The minimum absolute atomic E-state index is 0.0314. The molecule has 3 heterocycles. The Bertz CT molecular complexity index is 1550. The van der Waals surface area contributed by atoms with Gasteiger partial charge in [-0.25, -0.2) is 9.59 Å². The molecule has 7 N–H and O–H groups in total. The molecule has 3 rings (SSSR count). The van der Waals surface area contributed by atoms with E-state index in [2.05, 4.69) is 0 Å². The molecule has 1 amide bonds. The van der Waals surface area contributed by atoms with Crippen molar-refractivity contribution in [3.8, 4) is 0 Å². The Morgan fingerprint density at radius 3 is 2.30 bits per heavy atom. The molecule has 0 aliphatic carbocycles. The lowest BCUT2D eigenvalue weighted by Crippen LogP contribution is -2.59. The largest absolute Gasteiger partial charge is 0.490 e. The standard InChI is InChI=1S/C45H73NO14/c1-13-15-33-27(6)36(57-37-21-32(47)42(31(10)56-37)59-44(46)52)22-45(53,60-33)30(9)40(50)29(8)41-34(54-11)17-14-16-23(2)18-25(4)38(48)28(7)39(49)26(5)19-24(3)20-35(55-12)43(51)58-41/h13-17,19-20,25-34,36-42,47-50,53H,18,21-22H2,1-12H3,(H2,46,52)/b15-13+,17-14+,23-16+,24-19+,35-20-/t25-,26-,27-,28+,29+,30+,31-,32-,33-,34+,36-,37+,38+,39-,40-,41-,42-,45-/m1/s1. The van der Waals surface area contributed by atoms with E-state index in [-0.39, 0.29) is 36.4 Å². The van der Waals surface area contributed by atoms with Crippen LogP contribution in [-0.4, -0.2) is 125 Å². The van der Waals surface area contributed by atoms with E-state index in [4.69, 9.17) is 38.9 Å². The Kier molecular flexibility index (Phi) is 19.5. The van der Waals surface area contributed by atoms with Gasteiger partial charge in [0.05, 0.1) is 49.8 Å². The van der Waals surface area contributed by atoms with Crippen LogP contribution in [-0.2, 0) is 38.0 Å². The monoisotopic (exact) mass is 852 g/mol. The molecular weight excluding hydrogens is 778 g/mol. The number of esters is 1. The number of carbonyl (C=O) groups excluding carboxylic acids is 2. The van der Waals surface area contributed by atoms with Gasteiger partial charge in [-0.15, -0.1) is 0 Å². The van der Waals surface area contributed by atoms with Crippen molar-refractivity contribution >= 4 is 12.1 Å². The van der Waals surface area contributed by atoms with Crippen LogP contribution in [0.4, 0.5) is 4.79 Å². The number of amides is 1. The topological polar surface area (TPSA) is 226 Å². The number of cyclic esters (lactones) is 1. The number of rotatable bonds is 10. The highest BCUT2D eigenvalue weighted by Crippen LogP contribution is 2.42. The van der Waals surface area contributed by atoms with E-state index in [1.165, 1.54) is 20.3 Å². The zero-order valence-corrected chi connectivity index (χ0v) is 37.5. The molecule has 15 heteroatoms. The van der Waals surface area contributed by atoms with Gasteiger partial charge in [0.1, 0.15) is 12.2 Å². The van der Waals surface area contributed by atoms with E-state index >= 15 is 0 Å². The molecule has 0 unspecified atom stereocenters. The van der Waals surface area contributed by atoms with E-state index in [9.17, 15) is 35.1 Å². The molecule has 0 aromatic heterocycles. The second-order valence-electron chi connectivity index (χ2n) is 17.3. The fourth-order valence-corrected chi connectivity index (χ4v) is 8.64. The number of aliphatic hydroxyl groups excluding tert-OH is 4. The molecule has 0 aromatic rings. The lowest BCUT2D eigenvalue weighted by Gasteiger charge is -2.49. The van der Waals surface area contributed by atoms with Gasteiger partial charge in [0, 0.05) is 49.5 Å². The Balaban J connectivity index is 1.99. The zero-order valence-electron chi connectivity index (χ0n) is 37.5. The van der Waals surface area contributed by atoms with E-state index < -0.39 is 103 Å². The summed E-state index contributed by atoms with van der Waals surface area (Å²) in [6.45, 7) is 18.0. The van der Waals surface area contributed by atoms with Crippen molar-refractivity contribution in [2.45, 2.75) is 162 Å². The normalized spacial score (nSPS) is 42.7. The van der Waals surface area contributed by atoms with Crippen LogP contribution in [0, 0.1) is 35.5 Å². The maximum atomic E-state index is 13.9. The van der Waals surface area contributed by atoms with Crippen molar-refractivity contribution in [3.05, 3.63) is 59.4 Å². The maximum absolute atomic E-state index is 13.9. The number of hydrogen-bond donors (Lipinski definition) is 6. The van der Waals surface area contributed by atoms with Gasteiger partial charge in [-0.1, -0.05) is 89.1 Å². The van der Waals surface area contributed by atoms with Crippen LogP contribution in [0.5, 0.6) is 0 Å². The van der Waals surface area contributed by atoms with E-state index in [1.807, 2.05) is 47.6 Å². The summed E-state index contributed by atoms with van der Waals surface area (Å²) in [6.07, 6.45) is 1.54. The van der Waals surface area contributed by atoms with Crippen LogP contribution >= 0.6 is 0 Å². The van der Waals surface area contributed by atoms with Crippen molar-refractivity contribution in [2.75, 3.05) is 14.2 Å². The van der Waals surface area contributed by atoms with Crippen molar-refractivity contribution in [1.29, 1.82) is 0 Å². The third-order valence-corrected chi connectivity index (χ3v) is 12.5. The summed E-state index contributed by atoms with van der Waals surface area (Å²) >= 11 is 0. The molecule has 60 heavy (non-hydrogen) atoms. The van der Waals surface area contributed by atoms with Crippen LogP contribution in [0.15, 0.2) is 59.4 Å². The number of primary amides is 1. The minimum Gasteiger partial charge on any atom is -0.490 e. The van der Waals surface area contributed by atoms with E-state index in [1.54, 1.807) is 58.1 Å². The minimum atomic E-state index is -1.97. The quantitative estimate of drug-likeness (QED) is 0.131. The Morgan fingerprint density at radius 2 is 1.72 bits per heavy atom. The van der Waals surface area contributed by atoms with Crippen molar-refractivity contribution < 1.29 is 68.3 Å². The number of ether oxygens (including phenoxy) is 7. The first kappa shape index (κ1) is 51.2. The molecule has 18 atom stereocenters. The molecule has 0 spiro atoms. The van der Waals surface area contributed by atoms with Crippen molar-refractivity contribution in [3.63, 3.8) is 0 Å². The molecule has 3 aliphatic rings. The van der Waals surface area contributed by atoms with Crippen LogP contribution in [0.3, 0.4) is 0 Å². The number of allylic oxidation sites excluding steroid dienone is 6. The predicted octanol–water partition coefficient (Wildman–Crippen LogP) is 4.59. The van der Waals surface area contributed by atoms with Gasteiger partial charge in [-0.3, -0.25) is 0 Å². The number of nitrogens with two attached hydrogens (primary N) is 1. The zero-order chi connectivity index (χ0) is 45.2. The molecule has 15 nitrogen and oxygen atoms in total. The first-order valence-corrected chi connectivity index (χ1v) is 21.1. The van der Waals surface area contributed by atoms with Gasteiger partial charge in [0.15, 0.2) is 18.2 Å². The SMILES string of the molecule is C/C=C/[C@H]1O[C@@](O)([C@@H](C)[C@H](O)[C@H](C)[C@H]2OC(=O)/C(OC)=C/C(C)=C/[C@@H](C)[C@@H](O)[C@@H](C)[C@@H](O)[C@H](C)C/C(C)=C/C=C/[C@@H]2OC)C[C@@H](O[C@H]2C[C@@H](O)[C@H](OC(N)=O)[C@@H](C)O2)[C@@H]1C. The van der Waals surface area contributed by atoms with Crippen LogP contribution < -0.4 is 5.73 Å². The third-order valence-electron chi connectivity index (χ3n) is 12.5. The molecule has 2 fully saturated rings. The summed E-state index contributed by atoms with van der Waals surface area (Å²) in [5.74, 6) is -6.06. The number of methoxy groups -OCH3 is 2. The van der Waals surface area contributed by atoms with Gasteiger partial charge in [-0.2, -0.15) is 0 Å². The van der Waals surface area contributed by atoms with Crippen LogP contribution in [0.1, 0.15) is 88.5 Å². The molecule has 0 saturated carbocycles. The lowest BCUT2D eigenvalue weighted by atomic mass is 9.77. The fraction of sp³-hybridized carbons (Fsp3) is 0.733. The second-order valence-corrected chi connectivity index (χ2v) is 17.3. The summed E-state index contributed by atoms with van der Waals surface area (Å²) < 4.78 is 41.3. The summed E-state index contributed by atoms with van der Waals surface area (Å²) in [6, 6.07) is 0. The Hall–Kier alpha value is -3.12.